The van der Waals surface area contributed by atoms with Gasteiger partial charge in [0.15, 0.2) is 5.78 Å². The minimum atomic E-state index is 0.200. The molecule has 0 aromatic carbocycles. The second-order valence-corrected chi connectivity index (χ2v) is 2.84. The molecule has 0 fully saturated rings. The van der Waals surface area contributed by atoms with Crippen molar-refractivity contribution in [2.45, 2.75) is 33.6 Å². The number of hydrogen-bond donors (Lipinski definition) is 0. The van der Waals surface area contributed by atoms with Gasteiger partial charge in [-0.25, -0.2) is 0 Å². The molecule has 0 aliphatic rings. The van der Waals surface area contributed by atoms with Crippen LogP contribution in [0.4, 0.5) is 0 Å². The highest BCUT2D eigenvalue weighted by Crippen LogP contribution is 2.00. The molecule has 13 heavy (non-hydrogen) atoms. The summed E-state index contributed by atoms with van der Waals surface area (Å²) in [5.41, 5.74) is 1.08. The largest absolute Gasteiger partial charge is 0.295 e. The van der Waals surface area contributed by atoms with Crippen molar-refractivity contribution in [2.75, 3.05) is 0 Å². The predicted octanol–water partition coefficient (Wildman–Crippen LogP) is 3.43. The monoisotopic (exact) mass is 178 g/mol. The van der Waals surface area contributed by atoms with E-state index in [4.69, 9.17) is 0 Å². The van der Waals surface area contributed by atoms with Gasteiger partial charge in [-0.2, -0.15) is 0 Å². The SMILES string of the molecule is C\C=C/C(/C=C/C(=O)CCC)=C\C. The van der Waals surface area contributed by atoms with E-state index >= 15 is 0 Å². The number of carbonyl (C=O) groups excluding carboxylic acids is 1. The second kappa shape index (κ2) is 7.53. The molecule has 0 bridgehead atoms. The highest BCUT2D eigenvalue weighted by molar-refractivity contribution is 5.90. The van der Waals surface area contributed by atoms with Gasteiger partial charge in [0.1, 0.15) is 0 Å². The molecular formula is C12H18O. The molecule has 0 saturated carbocycles. The molecule has 72 valence electrons. The maximum absolute atomic E-state index is 11.1. The third-order valence-electron chi connectivity index (χ3n) is 1.65. The van der Waals surface area contributed by atoms with Crippen LogP contribution < -0.4 is 0 Å². The maximum Gasteiger partial charge on any atom is 0.155 e. The van der Waals surface area contributed by atoms with Gasteiger partial charge in [-0.05, 0) is 31.9 Å². The number of allylic oxidation sites excluding steroid dienone is 6. The first kappa shape index (κ1) is 11.9. The summed E-state index contributed by atoms with van der Waals surface area (Å²) in [4.78, 5) is 11.1. The fraction of sp³-hybridized carbons (Fsp3) is 0.417. The molecule has 0 unspecified atom stereocenters. The van der Waals surface area contributed by atoms with E-state index in [1.54, 1.807) is 6.08 Å². The second-order valence-electron chi connectivity index (χ2n) is 2.84. The third kappa shape index (κ3) is 6.09. The Balaban J connectivity index is 4.16. The normalized spacial score (nSPS) is 13.0. The van der Waals surface area contributed by atoms with Crippen LogP contribution in [0.15, 0.2) is 36.0 Å². The first-order valence-corrected chi connectivity index (χ1v) is 4.74. The topological polar surface area (TPSA) is 17.1 Å². The van der Waals surface area contributed by atoms with Gasteiger partial charge >= 0.3 is 0 Å². The van der Waals surface area contributed by atoms with Crippen molar-refractivity contribution in [2.24, 2.45) is 0 Å². The van der Waals surface area contributed by atoms with Crippen LogP contribution >= 0.6 is 0 Å². The Morgan fingerprint density at radius 2 is 1.85 bits per heavy atom. The molecule has 0 aliphatic carbocycles. The average Bonchev–Trinajstić information content (AvgIpc) is 2.12. The van der Waals surface area contributed by atoms with Gasteiger partial charge in [0.2, 0.25) is 0 Å². The van der Waals surface area contributed by atoms with Gasteiger partial charge in [0, 0.05) is 6.42 Å². The molecule has 1 nitrogen and oxygen atoms in total. The molecule has 0 aromatic heterocycles. The summed E-state index contributed by atoms with van der Waals surface area (Å²) in [5, 5.41) is 0. The molecule has 0 heterocycles. The van der Waals surface area contributed by atoms with Crippen LogP contribution in [-0.4, -0.2) is 5.78 Å². The van der Waals surface area contributed by atoms with Crippen LogP contribution in [0.25, 0.3) is 0 Å². The van der Waals surface area contributed by atoms with Gasteiger partial charge in [-0.15, -0.1) is 0 Å². The van der Waals surface area contributed by atoms with Crippen LogP contribution in [-0.2, 0) is 4.79 Å². The molecule has 0 rings (SSSR count). The van der Waals surface area contributed by atoms with E-state index in [1.165, 1.54) is 0 Å². The maximum atomic E-state index is 11.1. The van der Waals surface area contributed by atoms with Crippen molar-refractivity contribution in [3.8, 4) is 0 Å². The van der Waals surface area contributed by atoms with Crippen LogP contribution in [0, 0.1) is 0 Å². The average molecular weight is 178 g/mol. The lowest BCUT2D eigenvalue weighted by Gasteiger charge is -1.91. The molecule has 0 spiro atoms. The Hall–Kier alpha value is -1.11. The summed E-state index contributed by atoms with van der Waals surface area (Å²) in [6, 6.07) is 0. The first-order chi connectivity index (χ1) is 6.24. The zero-order valence-corrected chi connectivity index (χ0v) is 8.71. The molecule has 0 aliphatic heterocycles. The summed E-state index contributed by atoms with van der Waals surface area (Å²) >= 11 is 0. The van der Waals surface area contributed by atoms with Crippen molar-refractivity contribution in [1.82, 2.24) is 0 Å². The van der Waals surface area contributed by atoms with E-state index in [9.17, 15) is 4.79 Å². The van der Waals surface area contributed by atoms with E-state index < -0.39 is 0 Å². The number of hydrogen-bond acceptors (Lipinski definition) is 1. The molecule has 0 N–H and O–H groups in total. The van der Waals surface area contributed by atoms with Crippen molar-refractivity contribution in [3.63, 3.8) is 0 Å². The molecule has 0 saturated heterocycles. The summed E-state index contributed by atoms with van der Waals surface area (Å²) in [5.74, 6) is 0.200. The van der Waals surface area contributed by atoms with Crippen LogP contribution in [0.5, 0.6) is 0 Å². The number of rotatable bonds is 5. The fourth-order valence-electron chi connectivity index (χ4n) is 0.959. The Kier molecular flexibility index (Phi) is 6.89. The van der Waals surface area contributed by atoms with E-state index in [1.807, 2.05) is 45.1 Å². The summed E-state index contributed by atoms with van der Waals surface area (Å²) in [6.07, 6.45) is 11.0. The zero-order valence-electron chi connectivity index (χ0n) is 8.71. The molecule has 0 aromatic rings. The standard InChI is InChI=1S/C12H18O/c1-4-7-11(6-3)9-10-12(13)8-5-2/h4,6-7,9-10H,5,8H2,1-3H3/b7-4-,10-9+,11-6+. The summed E-state index contributed by atoms with van der Waals surface area (Å²) in [6.45, 7) is 5.93. The Morgan fingerprint density at radius 3 is 2.31 bits per heavy atom. The summed E-state index contributed by atoms with van der Waals surface area (Å²) < 4.78 is 0. The lowest BCUT2D eigenvalue weighted by atomic mass is 10.1. The number of ketones is 1. The molecule has 0 amide bonds. The summed E-state index contributed by atoms with van der Waals surface area (Å²) in [7, 11) is 0. The smallest absolute Gasteiger partial charge is 0.155 e. The zero-order chi connectivity index (χ0) is 10.1. The van der Waals surface area contributed by atoms with Crippen molar-refractivity contribution >= 4 is 5.78 Å². The van der Waals surface area contributed by atoms with Crippen molar-refractivity contribution in [1.29, 1.82) is 0 Å². The van der Waals surface area contributed by atoms with E-state index in [0.717, 1.165) is 12.0 Å². The predicted molar refractivity (Wildman–Crippen MR) is 57.6 cm³/mol. The van der Waals surface area contributed by atoms with Crippen molar-refractivity contribution < 1.29 is 4.79 Å². The van der Waals surface area contributed by atoms with Crippen LogP contribution in [0.3, 0.4) is 0 Å². The minimum Gasteiger partial charge on any atom is -0.295 e. The highest BCUT2D eigenvalue weighted by atomic mass is 16.1. The van der Waals surface area contributed by atoms with E-state index in [-0.39, 0.29) is 5.78 Å². The Bertz CT molecular complexity index is 232. The first-order valence-electron chi connectivity index (χ1n) is 4.74. The molecule has 0 radical (unpaired) electrons. The number of carbonyl (C=O) groups is 1. The quantitative estimate of drug-likeness (QED) is 0.465. The molecular weight excluding hydrogens is 160 g/mol. The molecule has 1 heteroatoms. The van der Waals surface area contributed by atoms with Gasteiger partial charge in [-0.1, -0.05) is 31.2 Å². The Labute approximate surface area is 80.8 Å². The van der Waals surface area contributed by atoms with Crippen LogP contribution in [0.2, 0.25) is 0 Å². The van der Waals surface area contributed by atoms with Crippen LogP contribution in [0.1, 0.15) is 33.6 Å². The minimum absolute atomic E-state index is 0.200. The Morgan fingerprint density at radius 1 is 1.15 bits per heavy atom. The third-order valence-corrected chi connectivity index (χ3v) is 1.65. The van der Waals surface area contributed by atoms with E-state index in [0.29, 0.717) is 6.42 Å². The highest BCUT2D eigenvalue weighted by Gasteiger charge is 1.92. The van der Waals surface area contributed by atoms with Gasteiger partial charge in [-0.3, -0.25) is 4.79 Å². The lowest BCUT2D eigenvalue weighted by Crippen LogP contribution is -1.89. The van der Waals surface area contributed by atoms with Gasteiger partial charge in [0.25, 0.3) is 0 Å². The van der Waals surface area contributed by atoms with E-state index in [2.05, 4.69) is 0 Å². The fourth-order valence-corrected chi connectivity index (χ4v) is 0.959. The molecule has 0 atom stereocenters. The van der Waals surface area contributed by atoms with Crippen molar-refractivity contribution in [3.05, 3.63) is 36.0 Å². The lowest BCUT2D eigenvalue weighted by molar-refractivity contribution is -0.114. The van der Waals surface area contributed by atoms with Gasteiger partial charge in [0.05, 0.1) is 0 Å². The van der Waals surface area contributed by atoms with Gasteiger partial charge < -0.3 is 0 Å².